The summed E-state index contributed by atoms with van der Waals surface area (Å²) in [6.45, 7) is 32.2. The summed E-state index contributed by atoms with van der Waals surface area (Å²) in [6.07, 6.45) is -8.94. The Hall–Kier alpha value is -6.40. The van der Waals surface area contributed by atoms with Crippen LogP contribution in [0.1, 0.15) is 145 Å². The third-order valence-electron chi connectivity index (χ3n) is 12.3. The highest BCUT2D eigenvalue weighted by Crippen LogP contribution is 2.19. The molecule has 0 radical (unpaired) electrons. The molecule has 0 saturated heterocycles. The summed E-state index contributed by atoms with van der Waals surface area (Å²) in [4.78, 5) is 159. The van der Waals surface area contributed by atoms with E-state index in [1.165, 1.54) is 20.8 Å². The third kappa shape index (κ3) is 23.5. The SMILES string of the molecule is CC(C)[C@H](NC(=O)[C@H](C)O)C(=O)O[C@@H](C(=O)N[C@@H](C(=O)O[C@@H](C)C(=O)N[C@H](C(=O)O[C@@H](C(=O)N[C@@H](C(=O)O[C@@H](C)C(=O)N[C@H](C(=O)O[C@@H](C(=O)N[C@@H](C(=O)O)C(C)C)C(C)C)C(C)C)C(C)C)C(C)C)C(C)C)C(C)C)C(C)C. The molecular formula is C54H92N6O19. The van der Waals surface area contributed by atoms with E-state index in [-0.39, 0.29) is 0 Å². The third-order valence-corrected chi connectivity index (χ3v) is 12.3. The number of rotatable bonds is 32. The van der Waals surface area contributed by atoms with Gasteiger partial charge in [0.2, 0.25) is 5.91 Å². The normalized spacial score (nSPS) is 16.3. The molecule has 0 unspecified atom stereocenters. The van der Waals surface area contributed by atoms with Crippen LogP contribution in [0.25, 0.3) is 0 Å². The summed E-state index contributed by atoms with van der Waals surface area (Å²) < 4.78 is 27.6. The van der Waals surface area contributed by atoms with Crippen LogP contribution in [0.5, 0.6) is 0 Å². The number of carbonyl (C=O) groups excluding carboxylic acids is 11. The average molecular weight is 1130 g/mol. The van der Waals surface area contributed by atoms with Gasteiger partial charge in [-0.15, -0.1) is 0 Å². The Labute approximate surface area is 464 Å². The molecule has 25 heteroatoms. The van der Waals surface area contributed by atoms with E-state index in [0.717, 1.165) is 0 Å². The van der Waals surface area contributed by atoms with Crippen molar-refractivity contribution in [2.24, 2.45) is 53.3 Å². The van der Waals surface area contributed by atoms with Gasteiger partial charge in [-0.25, -0.2) is 28.8 Å². The highest BCUT2D eigenvalue weighted by molar-refractivity contribution is 5.95. The molecule has 0 spiro atoms. The van der Waals surface area contributed by atoms with Gasteiger partial charge in [0.05, 0.1) is 0 Å². The maximum Gasteiger partial charge on any atom is 0.329 e. The minimum absolute atomic E-state index is 0.490. The molecule has 79 heavy (non-hydrogen) atoms. The summed E-state index contributed by atoms with van der Waals surface area (Å²) in [5.41, 5.74) is 0. The lowest BCUT2D eigenvalue weighted by Gasteiger charge is -2.30. The van der Waals surface area contributed by atoms with Crippen molar-refractivity contribution in [3.8, 4) is 0 Å². The van der Waals surface area contributed by atoms with Crippen molar-refractivity contribution in [1.82, 2.24) is 31.9 Å². The molecule has 0 saturated carbocycles. The van der Waals surface area contributed by atoms with E-state index in [1.54, 1.807) is 125 Å². The van der Waals surface area contributed by atoms with Gasteiger partial charge in [0, 0.05) is 0 Å². The van der Waals surface area contributed by atoms with Crippen LogP contribution in [0.2, 0.25) is 0 Å². The van der Waals surface area contributed by atoms with Crippen molar-refractivity contribution in [1.29, 1.82) is 0 Å². The number of nitrogens with one attached hydrogen (secondary N) is 6. The summed E-state index contributed by atoms with van der Waals surface area (Å²) >= 11 is 0. The van der Waals surface area contributed by atoms with Crippen LogP contribution in [0.15, 0.2) is 0 Å². The molecule has 0 fully saturated rings. The highest BCUT2D eigenvalue weighted by atomic mass is 16.6. The zero-order valence-corrected chi connectivity index (χ0v) is 50.0. The summed E-state index contributed by atoms with van der Waals surface area (Å²) in [6, 6.07) is -8.02. The molecule has 25 nitrogen and oxygen atoms in total. The van der Waals surface area contributed by atoms with Gasteiger partial charge in [-0.1, -0.05) is 125 Å². The number of hydrogen-bond acceptors (Lipinski definition) is 18. The number of aliphatic hydroxyl groups is 1. The predicted octanol–water partition coefficient (Wildman–Crippen LogP) is 1.86. The van der Waals surface area contributed by atoms with Gasteiger partial charge in [0.15, 0.2) is 30.5 Å². The Balaban J connectivity index is 6.10. The zero-order chi connectivity index (χ0) is 61.8. The van der Waals surface area contributed by atoms with E-state index < -0.39 is 197 Å². The second-order valence-electron chi connectivity index (χ2n) is 22.9. The molecule has 0 aliphatic heterocycles. The second-order valence-corrected chi connectivity index (χ2v) is 22.9. The first-order chi connectivity index (χ1) is 36.2. The maximum atomic E-state index is 13.8. The van der Waals surface area contributed by atoms with Crippen LogP contribution in [0, 0.1) is 53.3 Å². The fourth-order valence-corrected chi connectivity index (χ4v) is 7.20. The fourth-order valence-electron chi connectivity index (χ4n) is 7.20. The molecular weight excluding hydrogens is 1040 g/mol. The number of carbonyl (C=O) groups is 12. The lowest BCUT2D eigenvalue weighted by atomic mass is 10.0. The van der Waals surface area contributed by atoms with Crippen LogP contribution < -0.4 is 31.9 Å². The summed E-state index contributed by atoms with van der Waals surface area (Å²) in [7, 11) is 0. The van der Waals surface area contributed by atoms with E-state index in [9.17, 15) is 67.7 Å². The van der Waals surface area contributed by atoms with Gasteiger partial charge < -0.3 is 65.8 Å². The van der Waals surface area contributed by atoms with Crippen LogP contribution >= 0.6 is 0 Å². The minimum atomic E-state index is -1.56. The number of amides is 6. The van der Waals surface area contributed by atoms with Gasteiger partial charge in [0.25, 0.3) is 29.5 Å². The van der Waals surface area contributed by atoms with Crippen molar-refractivity contribution in [2.75, 3.05) is 0 Å². The average Bonchev–Trinajstić information content (AvgIpc) is 3.32. The van der Waals surface area contributed by atoms with Gasteiger partial charge >= 0.3 is 35.8 Å². The van der Waals surface area contributed by atoms with Crippen molar-refractivity contribution >= 4 is 71.3 Å². The van der Waals surface area contributed by atoms with Crippen LogP contribution in [-0.2, 0) is 81.2 Å². The quantitative estimate of drug-likeness (QED) is 0.0352. The molecule has 0 aliphatic carbocycles. The topological polar surface area (TPSA) is 364 Å². The van der Waals surface area contributed by atoms with Crippen molar-refractivity contribution in [2.45, 2.75) is 218 Å². The Bertz CT molecular complexity index is 2120. The number of aliphatic carboxylic acids is 1. The van der Waals surface area contributed by atoms with Crippen molar-refractivity contribution < 1.29 is 91.4 Å². The zero-order valence-electron chi connectivity index (χ0n) is 50.0. The van der Waals surface area contributed by atoms with Gasteiger partial charge in [0.1, 0.15) is 42.4 Å². The van der Waals surface area contributed by atoms with E-state index in [0.29, 0.717) is 0 Å². The molecule has 6 amide bonds. The molecule has 0 aromatic rings. The Morgan fingerprint density at radius 2 is 0.456 bits per heavy atom. The Kier molecular flexibility index (Phi) is 30.6. The number of ether oxygens (including phenoxy) is 5. The molecule has 452 valence electrons. The number of carboxylic acid groups (broad SMARTS) is 1. The minimum Gasteiger partial charge on any atom is -0.480 e. The number of aliphatic hydroxyl groups excluding tert-OH is 1. The molecule has 8 N–H and O–H groups in total. The van der Waals surface area contributed by atoms with Crippen LogP contribution in [-0.4, -0.2) is 154 Å². The lowest BCUT2D eigenvalue weighted by molar-refractivity contribution is -0.166. The lowest BCUT2D eigenvalue weighted by Crippen LogP contribution is -2.55. The van der Waals surface area contributed by atoms with E-state index in [1.807, 2.05) is 0 Å². The molecule has 0 rings (SSSR count). The molecule has 0 aliphatic rings. The smallest absolute Gasteiger partial charge is 0.329 e. The van der Waals surface area contributed by atoms with Gasteiger partial charge in [-0.2, -0.15) is 0 Å². The van der Waals surface area contributed by atoms with Crippen molar-refractivity contribution in [3.05, 3.63) is 0 Å². The van der Waals surface area contributed by atoms with Gasteiger partial charge in [-0.3, -0.25) is 28.8 Å². The molecule has 0 heterocycles. The first kappa shape index (κ1) is 72.6. The van der Waals surface area contributed by atoms with Crippen molar-refractivity contribution in [3.63, 3.8) is 0 Å². The number of esters is 5. The first-order valence-electron chi connectivity index (χ1n) is 27.0. The van der Waals surface area contributed by atoms with Gasteiger partial charge in [-0.05, 0) is 74.0 Å². The van der Waals surface area contributed by atoms with E-state index >= 15 is 0 Å². The number of carboxylic acids is 1. The van der Waals surface area contributed by atoms with Crippen LogP contribution in [0.3, 0.4) is 0 Å². The summed E-state index contributed by atoms with van der Waals surface area (Å²) in [5, 5.41) is 34.0. The predicted molar refractivity (Wildman–Crippen MR) is 285 cm³/mol. The molecule has 12 atom stereocenters. The Morgan fingerprint density at radius 3 is 0.646 bits per heavy atom. The molecule has 0 bridgehead atoms. The van der Waals surface area contributed by atoms with Crippen LogP contribution in [0.4, 0.5) is 0 Å². The second kappa shape index (κ2) is 33.3. The largest absolute Gasteiger partial charge is 0.480 e. The van der Waals surface area contributed by atoms with E-state index in [2.05, 4.69) is 31.9 Å². The van der Waals surface area contributed by atoms with E-state index in [4.69, 9.17) is 23.7 Å². The first-order valence-corrected chi connectivity index (χ1v) is 27.0. The highest BCUT2D eigenvalue weighted by Gasteiger charge is 2.41. The summed E-state index contributed by atoms with van der Waals surface area (Å²) in [5.74, 6) is -17.2. The number of hydrogen-bond donors (Lipinski definition) is 8. The maximum absolute atomic E-state index is 13.8. The monoisotopic (exact) mass is 1130 g/mol. The standard InChI is InChI=1S/C54H92N6O19/c1-22(2)34(49(68)69)55-46(65)40(28(13)14)77-53(73)38(26(9)10)57-44(63)32(20)75-51(71)36(24(5)6)60-48(67)42(30(17)18)79-54(74)39(27(11)12)58-45(64)33(21)76-50(70)35(23(3)4)59-47(66)41(29(15)16)78-52(72)37(25(7)8)56-43(62)31(19)61/h22-42,61H,1-21H3,(H,55,65)(H,56,62)(H,57,63)(H,58,64)(H,59,66)(H,60,67)(H,68,69)/t31-,32-,33-,34+,35+,36+,37-,38-,39-,40+,41+,42+/m0/s1. The fraction of sp³-hybridized carbons (Fsp3) is 0.778. The molecule has 0 aromatic carbocycles. The molecule has 0 aromatic heterocycles. The Morgan fingerprint density at radius 1 is 0.266 bits per heavy atom.